The zero-order valence-corrected chi connectivity index (χ0v) is 11.2. The van der Waals surface area contributed by atoms with Crippen LogP contribution in [0, 0.1) is 5.41 Å². The van der Waals surface area contributed by atoms with Crippen LogP contribution in [0.15, 0.2) is 30.3 Å². The molecule has 3 rings (SSSR count). The molecule has 1 heterocycles. The summed E-state index contributed by atoms with van der Waals surface area (Å²) in [6, 6.07) is 10.0. The van der Waals surface area contributed by atoms with Gasteiger partial charge in [0.2, 0.25) is 0 Å². The molecule has 1 aromatic rings. The van der Waals surface area contributed by atoms with Crippen LogP contribution in [0.4, 0.5) is 13.2 Å². The molecule has 0 bridgehead atoms. The van der Waals surface area contributed by atoms with E-state index in [-0.39, 0.29) is 0 Å². The van der Waals surface area contributed by atoms with E-state index in [2.05, 4.69) is 5.32 Å². The Morgan fingerprint density at radius 2 is 1.62 bits per heavy atom. The number of alkyl halides is 3. The highest BCUT2D eigenvalue weighted by Crippen LogP contribution is 2.55. The molecule has 1 saturated carbocycles. The molecule has 0 atom stereocenters. The summed E-state index contributed by atoms with van der Waals surface area (Å²) < 4.78 is 31.7. The molecule has 0 unspecified atom stereocenters. The lowest BCUT2D eigenvalue weighted by molar-refractivity contribution is -0.192. The van der Waals surface area contributed by atoms with Gasteiger partial charge in [0.25, 0.3) is 0 Å². The van der Waals surface area contributed by atoms with Crippen LogP contribution in [-0.2, 0) is 10.4 Å². The van der Waals surface area contributed by atoms with E-state index >= 15 is 0 Å². The van der Waals surface area contributed by atoms with Crippen molar-refractivity contribution < 1.29 is 28.2 Å². The molecular weight excluding hydrogens is 287 g/mol. The number of benzene rings is 1. The van der Waals surface area contributed by atoms with E-state index in [1.807, 2.05) is 30.3 Å². The predicted molar refractivity (Wildman–Crippen MR) is 68.6 cm³/mol. The normalized spacial score (nSPS) is 21.5. The Morgan fingerprint density at radius 1 is 1.14 bits per heavy atom. The second-order valence-corrected chi connectivity index (χ2v) is 5.66. The van der Waals surface area contributed by atoms with Crippen molar-refractivity contribution in [2.45, 2.75) is 24.6 Å². The summed E-state index contributed by atoms with van der Waals surface area (Å²) in [4.78, 5) is 8.90. The number of aliphatic hydroxyl groups is 1. The molecule has 0 radical (unpaired) electrons. The minimum Gasteiger partial charge on any atom is -0.475 e. The first-order valence-corrected chi connectivity index (χ1v) is 6.46. The lowest BCUT2D eigenvalue weighted by atomic mass is 9.54. The molecule has 1 aliphatic carbocycles. The number of halogens is 3. The van der Waals surface area contributed by atoms with Gasteiger partial charge in [-0.2, -0.15) is 13.2 Å². The number of carboxylic acid groups (broad SMARTS) is 1. The van der Waals surface area contributed by atoms with Crippen molar-refractivity contribution in [3.05, 3.63) is 35.9 Å². The van der Waals surface area contributed by atoms with Crippen LogP contribution in [0.25, 0.3) is 0 Å². The van der Waals surface area contributed by atoms with Gasteiger partial charge in [-0.1, -0.05) is 30.3 Å². The van der Waals surface area contributed by atoms with E-state index in [4.69, 9.17) is 9.90 Å². The largest absolute Gasteiger partial charge is 0.490 e. The third-order valence-electron chi connectivity index (χ3n) is 3.89. The highest BCUT2D eigenvalue weighted by atomic mass is 19.4. The average molecular weight is 303 g/mol. The van der Waals surface area contributed by atoms with Crippen molar-refractivity contribution in [2.24, 2.45) is 5.41 Å². The average Bonchev–Trinajstić information content (AvgIpc) is 2.33. The molecule has 3 N–H and O–H groups in total. The molecule has 21 heavy (non-hydrogen) atoms. The van der Waals surface area contributed by atoms with Crippen molar-refractivity contribution in [3.63, 3.8) is 0 Å². The maximum absolute atomic E-state index is 10.6. The molecule has 1 saturated heterocycles. The number of aliphatic carboxylic acids is 1. The lowest BCUT2D eigenvalue weighted by Crippen LogP contribution is -2.65. The van der Waals surface area contributed by atoms with Crippen LogP contribution < -0.4 is 5.32 Å². The minimum absolute atomic E-state index is 0.421. The van der Waals surface area contributed by atoms with Crippen molar-refractivity contribution in [1.82, 2.24) is 5.32 Å². The van der Waals surface area contributed by atoms with Gasteiger partial charge in [-0.25, -0.2) is 4.79 Å². The summed E-state index contributed by atoms with van der Waals surface area (Å²) in [5.74, 6) is -2.76. The van der Waals surface area contributed by atoms with Gasteiger partial charge in [0.15, 0.2) is 0 Å². The number of hydrogen-bond acceptors (Lipinski definition) is 3. The summed E-state index contributed by atoms with van der Waals surface area (Å²) >= 11 is 0. The fourth-order valence-corrected chi connectivity index (χ4v) is 2.87. The number of nitrogens with one attached hydrogen (secondary N) is 1. The fraction of sp³-hybridized carbons (Fsp3) is 0.500. The quantitative estimate of drug-likeness (QED) is 0.741. The highest BCUT2D eigenvalue weighted by Gasteiger charge is 2.57. The van der Waals surface area contributed by atoms with Crippen LogP contribution in [0.1, 0.15) is 18.4 Å². The number of rotatable bonds is 1. The van der Waals surface area contributed by atoms with E-state index in [1.165, 1.54) is 0 Å². The van der Waals surface area contributed by atoms with Gasteiger partial charge >= 0.3 is 12.1 Å². The van der Waals surface area contributed by atoms with Crippen molar-refractivity contribution >= 4 is 5.97 Å². The Kier molecular flexibility index (Phi) is 3.99. The van der Waals surface area contributed by atoms with Crippen molar-refractivity contribution in [3.8, 4) is 0 Å². The monoisotopic (exact) mass is 303 g/mol. The van der Waals surface area contributed by atoms with E-state index < -0.39 is 17.7 Å². The zero-order chi connectivity index (χ0) is 15.7. The maximum atomic E-state index is 10.6. The SMILES string of the molecule is O=C(O)C(F)(F)F.OC1(c2ccccc2)CC2(CNC2)C1. The maximum Gasteiger partial charge on any atom is 0.490 e. The van der Waals surface area contributed by atoms with Crippen LogP contribution in [-0.4, -0.2) is 35.4 Å². The third kappa shape index (κ3) is 3.36. The van der Waals surface area contributed by atoms with Crippen molar-refractivity contribution in [2.75, 3.05) is 13.1 Å². The summed E-state index contributed by atoms with van der Waals surface area (Å²) in [7, 11) is 0. The molecule has 116 valence electrons. The molecule has 1 aliphatic heterocycles. The number of hydrogen-bond donors (Lipinski definition) is 3. The van der Waals surface area contributed by atoms with Crippen LogP contribution in [0.2, 0.25) is 0 Å². The fourth-order valence-electron chi connectivity index (χ4n) is 2.87. The first kappa shape index (κ1) is 15.8. The molecular formula is C14H16F3NO3. The second kappa shape index (κ2) is 5.31. The molecule has 0 amide bonds. The van der Waals surface area contributed by atoms with E-state index in [1.54, 1.807) is 0 Å². The van der Waals surface area contributed by atoms with Gasteiger partial charge in [0.05, 0.1) is 5.60 Å². The van der Waals surface area contributed by atoms with Gasteiger partial charge in [0, 0.05) is 18.5 Å². The molecule has 7 heteroatoms. The molecule has 1 aromatic carbocycles. The Morgan fingerprint density at radius 3 is 1.95 bits per heavy atom. The summed E-state index contributed by atoms with van der Waals surface area (Å²) in [5, 5.41) is 20.8. The molecule has 4 nitrogen and oxygen atoms in total. The zero-order valence-electron chi connectivity index (χ0n) is 11.2. The van der Waals surface area contributed by atoms with Gasteiger partial charge in [-0.15, -0.1) is 0 Å². The smallest absolute Gasteiger partial charge is 0.475 e. The third-order valence-corrected chi connectivity index (χ3v) is 3.89. The van der Waals surface area contributed by atoms with E-state index in [9.17, 15) is 18.3 Å². The van der Waals surface area contributed by atoms with Gasteiger partial charge in [-0.3, -0.25) is 0 Å². The van der Waals surface area contributed by atoms with Gasteiger partial charge in [-0.05, 0) is 18.4 Å². The first-order chi connectivity index (χ1) is 9.67. The summed E-state index contributed by atoms with van der Waals surface area (Å²) in [5.41, 5.74) is 0.964. The lowest BCUT2D eigenvalue weighted by Gasteiger charge is -2.59. The molecule has 0 aromatic heterocycles. The minimum atomic E-state index is -5.08. The van der Waals surface area contributed by atoms with Crippen LogP contribution in [0.3, 0.4) is 0 Å². The van der Waals surface area contributed by atoms with E-state index in [0.717, 1.165) is 31.5 Å². The predicted octanol–water partition coefficient (Wildman–Crippen LogP) is 1.89. The molecule has 2 aliphatic rings. The van der Waals surface area contributed by atoms with Crippen LogP contribution in [0.5, 0.6) is 0 Å². The van der Waals surface area contributed by atoms with E-state index in [0.29, 0.717) is 5.41 Å². The van der Waals surface area contributed by atoms with Gasteiger partial charge in [0.1, 0.15) is 0 Å². The van der Waals surface area contributed by atoms with Crippen molar-refractivity contribution in [1.29, 1.82) is 0 Å². The summed E-state index contributed by atoms with van der Waals surface area (Å²) in [6.07, 6.45) is -3.23. The standard InChI is InChI=1S/C12H15NO.C2HF3O2/c14-12(10-4-2-1-3-5-10)6-11(7-12)8-13-9-11;3-2(4,5)1(6)7/h1-5,13-14H,6-9H2;(H,6,7). The number of carboxylic acids is 1. The second-order valence-electron chi connectivity index (χ2n) is 5.66. The number of carbonyl (C=O) groups is 1. The summed E-state index contributed by atoms with van der Waals surface area (Å²) in [6.45, 7) is 2.17. The van der Waals surface area contributed by atoms with Crippen LogP contribution >= 0.6 is 0 Å². The topological polar surface area (TPSA) is 69.6 Å². The Hall–Kier alpha value is -1.60. The molecule has 2 fully saturated rings. The molecule has 1 spiro atoms. The Bertz CT molecular complexity index is 504. The van der Waals surface area contributed by atoms with Gasteiger partial charge < -0.3 is 15.5 Å². The first-order valence-electron chi connectivity index (χ1n) is 6.46. The Labute approximate surface area is 119 Å². The highest BCUT2D eigenvalue weighted by molar-refractivity contribution is 5.73. The Balaban J connectivity index is 0.000000199.